The van der Waals surface area contributed by atoms with Gasteiger partial charge in [0.05, 0.1) is 0 Å². The summed E-state index contributed by atoms with van der Waals surface area (Å²) in [7, 11) is 0. The minimum atomic E-state index is -4.48. The first-order chi connectivity index (χ1) is 18.0. The van der Waals surface area contributed by atoms with Crippen LogP contribution in [0, 0.1) is 0 Å². The number of halogens is 6. The number of hydrogen-bond acceptors (Lipinski definition) is 8. The van der Waals surface area contributed by atoms with Gasteiger partial charge in [0.1, 0.15) is 0 Å². The minimum Gasteiger partial charge on any atom is -0.382 e. The smallest absolute Gasteiger partial charge is 0.382 e. The van der Waals surface area contributed by atoms with E-state index in [1.54, 1.807) is 12.1 Å². The Kier molecular flexibility index (Phi) is 9.29. The van der Waals surface area contributed by atoms with Crippen molar-refractivity contribution in [2.75, 3.05) is 56.0 Å². The van der Waals surface area contributed by atoms with Gasteiger partial charge < -0.3 is 15.1 Å². The van der Waals surface area contributed by atoms with Crippen molar-refractivity contribution in [3.8, 4) is 0 Å². The zero-order chi connectivity index (χ0) is 27.3. The second-order valence-corrected chi connectivity index (χ2v) is 11.3. The molecular formula is C23H28F6N6OS2. The van der Waals surface area contributed by atoms with E-state index in [4.69, 9.17) is 0 Å². The summed E-state index contributed by atoms with van der Waals surface area (Å²) in [5.74, 6) is 0.101. The van der Waals surface area contributed by atoms with Crippen molar-refractivity contribution in [3.05, 3.63) is 29.3 Å². The summed E-state index contributed by atoms with van der Waals surface area (Å²) in [6, 6.07) is 6.31. The highest BCUT2D eigenvalue weighted by molar-refractivity contribution is 8.00. The standard InChI is InChI=1S/C23H28F6N6OS2/c24-22(25,26)20-31-32-21(37-20)35-14-12-33(13-15-35)9-1-2-19(36)34-10-7-17(8-11-34)30-16-3-5-18(6-4-16)38-23(27,28)29/h3-6,17,30H,1-2,7-15H2. The van der Waals surface area contributed by atoms with Gasteiger partial charge in [0.25, 0.3) is 0 Å². The van der Waals surface area contributed by atoms with Gasteiger partial charge in [-0.2, -0.15) is 26.3 Å². The van der Waals surface area contributed by atoms with Gasteiger partial charge in [-0.15, -0.1) is 10.2 Å². The van der Waals surface area contributed by atoms with Crippen molar-refractivity contribution in [1.29, 1.82) is 0 Å². The van der Waals surface area contributed by atoms with E-state index in [1.165, 1.54) is 12.1 Å². The molecule has 38 heavy (non-hydrogen) atoms. The Bertz CT molecular complexity index is 1050. The van der Waals surface area contributed by atoms with E-state index < -0.39 is 16.7 Å². The Labute approximate surface area is 224 Å². The summed E-state index contributed by atoms with van der Waals surface area (Å²) in [4.78, 5) is 18.7. The molecule has 0 saturated carbocycles. The van der Waals surface area contributed by atoms with Crippen LogP contribution in [0.15, 0.2) is 29.2 Å². The highest BCUT2D eigenvalue weighted by atomic mass is 32.2. The number of anilines is 2. The molecule has 2 saturated heterocycles. The maximum absolute atomic E-state index is 12.7. The van der Waals surface area contributed by atoms with E-state index in [-0.39, 0.29) is 33.7 Å². The number of carbonyl (C=O) groups is 1. The number of nitrogens with one attached hydrogen (secondary N) is 1. The van der Waals surface area contributed by atoms with E-state index in [0.29, 0.717) is 63.4 Å². The van der Waals surface area contributed by atoms with Gasteiger partial charge in [-0.3, -0.25) is 9.69 Å². The lowest BCUT2D eigenvalue weighted by Crippen LogP contribution is -2.47. The van der Waals surface area contributed by atoms with Crippen molar-refractivity contribution in [2.24, 2.45) is 0 Å². The molecular weight excluding hydrogens is 554 g/mol. The maximum atomic E-state index is 12.7. The van der Waals surface area contributed by atoms with Gasteiger partial charge in [0.2, 0.25) is 16.0 Å². The molecule has 1 aromatic heterocycles. The molecule has 0 radical (unpaired) electrons. The van der Waals surface area contributed by atoms with E-state index in [2.05, 4.69) is 20.4 Å². The van der Waals surface area contributed by atoms with E-state index in [0.717, 1.165) is 25.1 Å². The summed E-state index contributed by atoms with van der Waals surface area (Å²) in [6.45, 7) is 4.47. The molecule has 7 nitrogen and oxygen atoms in total. The van der Waals surface area contributed by atoms with Crippen molar-refractivity contribution in [2.45, 2.75) is 48.3 Å². The molecule has 4 rings (SSSR count). The number of amides is 1. The van der Waals surface area contributed by atoms with Crippen LogP contribution in [0.5, 0.6) is 0 Å². The number of likely N-dealkylation sites (tertiary alicyclic amines) is 1. The molecule has 0 unspecified atom stereocenters. The number of benzene rings is 1. The first-order valence-electron chi connectivity index (χ1n) is 12.2. The third kappa shape index (κ3) is 8.37. The number of rotatable bonds is 8. The summed E-state index contributed by atoms with van der Waals surface area (Å²) in [5, 5.41) is 9.60. The number of piperidine rings is 1. The molecule has 1 amide bonds. The normalized spacial score (nSPS) is 18.2. The molecule has 0 aliphatic carbocycles. The molecule has 1 aromatic carbocycles. The number of thioether (sulfide) groups is 1. The Morgan fingerprint density at radius 1 is 0.974 bits per heavy atom. The molecule has 2 aliphatic rings. The van der Waals surface area contributed by atoms with E-state index in [9.17, 15) is 31.1 Å². The Morgan fingerprint density at radius 2 is 1.63 bits per heavy atom. The van der Waals surface area contributed by atoms with Crippen LogP contribution in [-0.4, -0.2) is 83.3 Å². The fraction of sp³-hybridized carbons (Fsp3) is 0.609. The van der Waals surface area contributed by atoms with E-state index in [1.807, 2.05) is 9.80 Å². The topological polar surface area (TPSA) is 64.6 Å². The molecule has 0 spiro atoms. The number of hydrogen-bond donors (Lipinski definition) is 1. The van der Waals surface area contributed by atoms with Gasteiger partial charge in [-0.1, -0.05) is 11.3 Å². The van der Waals surface area contributed by atoms with Gasteiger partial charge in [-0.05, 0) is 61.8 Å². The molecule has 0 bridgehead atoms. The Morgan fingerprint density at radius 3 is 2.21 bits per heavy atom. The molecule has 15 heteroatoms. The van der Waals surface area contributed by atoms with Crippen molar-refractivity contribution >= 4 is 39.8 Å². The predicted molar refractivity (Wildman–Crippen MR) is 134 cm³/mol. The second-order valence-electron chi connectivity index (χ2n) is 9.19. The van der Waals surface area contributed by atoms with Gasteiger partial charge in [0, 0.05) is 62.3 Å². The first kappa shape index (κ1) is 28.7. The molecule has 2 aromatic rings. The number of alkyl halides is 6. The lowest BCUT2D eigenvalue weighted by molar-refractivity contribution is -0.138. The summed E-state index contributed by atoms with van der Waals surface area (Å²) in [6.07, 6.45) is -1.83. The molecule has 0 atom stereocenters. The van der Waals surface area contributed by atoms with Gasteiger partial charge >= 0.3 is 11.7 Å². The van der Waals surface area contributed by atoms with Crippen LogP contribution in [0.1, 0.15) is 30.7 Å². The third-order valence-electron chi connectivity index (χ3n) is 6.47. The Hall–Kier alpha value is -2.26. The SMILES string of the molecule is O=C(CCCN1CCN(c2nnc(C(F)(F)F)s2)CC1)N1CCC(Nc2ccc(SC(F)(F)F)cc2)CC1. The summed E-state index contributed by atoms with van der Waals surface area (Å²) >= 11 is 0.414. The quantitative estimate of drug-likeness (QED) is 0.340. The summed E-state index contributed by atoms with van der Waals surface area (Å²) < 4.78 is 75.7. The Balaban J connectivity index is 1.11. The monoisotopic (exact) mass is 582 g/mol. The molecule has 1 N–H and O–H groups in total. The number of nitrogens with zero attached hydrogens (tertiary/aromatic N) is 5. The average Bonchev–Trinajstić information content (AvgIpc) is 3.36. The molecule has 2 fully saturated rings. The zero-order valence-corrected chi connectivity index (χ0v) is 22.0. The molecule has 3 heterocycles. The first-order valence-corrected chi connectivity index (χ1v) is 13.9. The van der Waals surface area contributed by atoms with Crippen molar-refractivity contribution in [3.63, 3.8) is 0 Å². The lowest BCUT2D eigenvalue weighted by atomic mass is 10.0. The number of aromatic nitrogens is 2. The predicted octanol–water partition coefficient (Wildman–Crippen LogP) is 5.17. The fourth-order valence-electron chi connectivity index (χ4n) is 4.49. The largest absolute Gasteiger partial charge is 0.446 e. The number of piperazine rings is 1. The van der Waals surface area contributed by atoms with Crippen LogP contribution in [0.2, 0.25) is 0 Å². The average molecular weight is 583 g/mol. The van der Waals surface area contributed by atoms with Crippen molar-refractivity contribution in [1.82, 2.24) is 20.0 Å². The summed E-state index contributed by atoms with van der Waals surface area (Å²) in [5.41, 5.74) is -3.55. The van der Waals surface area contributed by atoms with Gasteiger partial charge in [-0.25, -0.2) is 0 Å². The second kappa shape index (κ2) is 12.3. The molecule has 2 aliphatic heterocycles. The highest BCUT2D eigenvalue weighted by Crippen LogP contribution is 2.37. The van der Waals surface area contributed by atoms with Crippen LogP contribution in [-0.2, 0) is 11.0 Å². The van der Waals surface area contributed by atoms with Crippen LogP contribution < -0.4 is 10.2 Å². The highest BCUT2D eigenvalue weighted by Gasteiger charge is 2.36. The van der Waals surface area contributed by atoms with Crippen LogP contribution in [0.25, 0.3) is 0 Å². The maximum Gasteiger partial charge on any atom is 0.446 e. The fourth-order valence-corrected chi connectivity index (χ4v) is 5.80. The minimum absolute atomic E-state index is 0.101. The van der Waals surface area contributed by atoms with Crippen molar-refractivity contribution < 1.29 is 31.1 Å². The molecule has 210 valence electrons. The van der Waals surface area contributed by atoms with Crippen LogP contribution in [0.4, 0.5) is 37.2 Å². The zero-order valence-electron chi connectivity index (χ0n) is 20.4. The third-order valence-corrected chi connectivity index (χ3v) is 8.24. The van der Waals surface area contributed by atoms with Crippen LogP contribution in [0.3, 0.4) is 0 Å². The lowest BCUT2D eigenvalue weighted by Gasteiger charge is -2.35. The number of carbonyl (C=O) groups excluding carboxylic acids is 1. The van der Waals surface area contributed by atoms with E-state index >= 15 is 0 Å². The van der Waals surface area contributed by atoms with Crippen LogP contribution >= 0.6 is 23.1 Å². The van der Waals surface area contributed by atoms with Gasteiger partial charge in [0.15, 0.2) is 0 Å².